The Kier molecular flexibility index (Phi) is 5.45. The highest BCUT2D eigenvalue weighted by Crippen LogP contribution is 2.37. The third kappa shape index (κ3) is 4.01. The first-order valence-corrected chi connectivity index (χ1v) is 11.1. The number of fused-ring (bicyclic) bond motifs is 3. The number of carbonyl (C=O) groups is 1. The molecule has 0 saturated carbocycles. The number of nitriles is 1. The lowest BCUT2D eigenvalue weighted by Gasteiger charge is -2.39. The monoisotopic (exact) mass is 430 g/mol. The minimum Gasteiger partial charge on any atom is -0.367 e. The summed E-state index contributed by atoms with van der Waals surface area (Å²) in [5.74, 6) is 0.865. The van der Waals surface area contributed by atoms with Crippen molar-refractivity contribution in [3.8, 4) is 6.07 Å². The molecule has 2 saturated heterocycles. The second-order valence-corrected chi connectivity index (χ2v) is 8.66. The van der Waals surface area contributed by atoms with E-state index in [4.69, 9.17) is 10.2 Å². The topological polar surface area (TPSA) is 123 Å². The zero-order valence-corrected chi connectivity index (χ0v) is 18.0. The van der Waals surface area contributed by atoms with Gasteiger partial charge in [-0.2, -0.15) is 10.4 Å². The fourth-order valence-corrected chi connectivity index (χ4v) is 5.09. The molecule has 3 N–H and O–H groups in total. The maximum atomic E-state index is 12.6. The number of anilines is 2. The molecule has 32 heavy (non-hydrogen) atoms. The fraction of sp³-hybridized carbons (Fsp3) is 0.435. The molecule has 0 unspecified atom stereocenters. The molecule has 0 spiro atoms. The summed E-state index contributed by atoms with van der Waals surface area (Å²) in [4.78, 5) is 24.3. The van der Waals surface area contributed by atoms with Crippen molar-refractivity contribution in [2.75, 3.05) is 17.2 Å². The third-order valence-electron chi connectivity index (χ3n) is 6.49. The normalized spacial score (nSPS) is 22.6. The van der Waals surface area contributed by atoms with Crippen LogP contribution in [0.25, 0.3) is 10.9 Å². The molecule has 2 aliphatic rings. The fourth-order valence-electron chi connectivity index (χ4n) is 5.09. The van der Waals surface area contributed by atoms with E-state index in [2.05, 4.69) is 36.8 Å². The minimum atomic E-state index is -0.313. The van der Waals surface area contributed by atoms with Crippen LogP contribution in [0.4, 0.5) is 11.6 Å². The summed E-state index contributed by atoms with van der Waals surface area (Å²) in [7, 11) is 0. The number of aromatic amines is 1. The van der Waals surface area contributed by atoms with Crippen LogP contribution in [0.3, 0.4) is 0 Å². The zero-order chi connectivity index (χ0) is 22.1. The van der Waals surface area contributed by atoms with Gasteiger partial charge in [-0.3, -0.25) is 19.8 Å². The van der Waals surface area contributed by atoms with Gasteiger partial charge in [0.25, 0.3) is 5.91 Å². The first kappa shape index (κ1) is 20.4. The van der Waals surface area contributed by atoms with Crippen molar-refractivity contribution in [2.24, 2.45) is 0 Å². The Balaban J connectivity index is 1.37. The van der Waals surface area contributed by atoms with E-state index in [1.165, 1.54) is 12.8 Å². The number of nitrogens with zero attached hydrogens (tertiary/aromatic N) is 5. The van der Waals surface area contributed by atoms with E-state index in [1.807, 2.05) is 19.1 Å². The van der Waals surface area contributed by atoms with Gasteiger partial charge in [-0.15, -0.1) is 0 Å². The number of hydrogen-bond donors (Lipinski definition) is 3. The van der Waals surface area contributed by atoms with Gasteiger partial charge in [-0.05, 0) is 50.8 Å². The van der Waals surface area contributed by atoms with Gasteiger partial charge in [0.1, 0.15) is 11.6 Å². The lowest BCUT2D eigenvalue weighted by atomic mass is 9.97. The van der Waals surface area contributed by atoms with E-state index in [0.29, 0.717) is 36.1 Å². The van der Waals surface area contributed by atoms with Crippen LogP contribution in [0, 0.1) is 18.3 Å². The van der Waals surface area contributed by atoms with Gasteiger partial charge in [0.05, 0.1) is 11.6 Å². The van der Waals surface area contributed by atoms with Crippen molar-refractivity contribution in [1.29, 1.82) is 5.26 Å². The molecule has 2 bridgehead atoms. The maximum absolute atomic E-state index is 12.6. The number of H-pyrrole nitrogens is 1. The SMILES string of the molecule is Cc1cc(C(=O)Nc2cc3ncccc3c(N[C@@H]3C[C@H]4CC[C@@H](C3)N4CCC#N)n2)n[nH]1. The second kappa shape index (κ2) is 8.55. The van der Waals surface area contributed by atoms with Crippen molar-refractivity contribution < 1.29 is 4.79 Å². The summed E-state index contributed by atoms with van der Waals surface area (Å²) >= 11 is 0. The Hall–Kier alpha value is -3.51. The van der Waals surface area contributed by atoms with Crippen molar-refractivity contribution in [3.05, 3.63) is 41.9 Å². The highest BCUT2D eigenvalue weighted by molar-refractivity contribution is 6.03. The van der Waals surface area contributed by atoms with Crippen LogP contribution in [0.1, 0.15) is 48.3 Å². The number of hydrogen-bond acceptors (Lipinski definition) is 7. The molecule has 164 valence electrons. The molecule has 2 aliphatic heterocycles. The van der Waals surface area contributed by atoms with Crippen LogP contribution >= 0.6 is 0 Å². The summed E-state index contributed by atoms with van der Waals surface area (Å²) < 4.78 is 0. The van der Waals surface area contributed by atoms with E-state index in [9.17, 15) is 4.79 Å². The van der Waals surface area contributed by atoms with Crippen molar-refractivity contribution in [1.82, 2.24) is 25.1 Å². The highest BCUT2D eigenvalue weighted by Gasteiger charge is 2.40. The summed E-state index contributed by atoms with van der Waals surface area (Å²) in [6.07, 6.45) is 6.73. The molecule has 9 nitrogen and oxygen atoms in total. The average molecular weight is 431 g/mol. The highest BCUT2D eigenvalue weighted by atomic mass is 16.2. The molecule has 3 aromatic rings. The lowest BCUT2D eigenvalue weighted by Crippen LogP contribution is -2.47. The number of nitrogens with one attached hydrogen (secondary N) is 3. The number of piperidine rings is 1. The first-order chi connectivity index (χ1) is 15.6. The largest absolute Gasteiger partial charge is 0.367 e. The number of rotatable bonds is 6. The molecular formula is C23H26N8O. The van der Waals surface area contributed by atoms with Crippen LogP contribution in [-0.2, 0) is 0 Å². The van der Waals surface area contributed by atoms with E-state index >= 15 is 0 Å². The average Bonchev–Trinajstić information content (AvgIpc) is 3.32. The summed E-state index contributed by atoms with van der Waals surface area (Å²) in [6.45, 7) is 2.71. The Bertz CT molecular complexity index is 1170. The number of amides is 1. The molecule has 3 aromatic heterocycles. The van der Waals surface area contributed by atoms with Crippen LogP contribution in [0.15, 0.2) is 30.5 Å². The van der Waals surface area contributed by atoms with Gasteiger partial charge in [0.15, 0.2) is 5.69 Å². The molecule has 1 amide bonds. The second-order valence-electron chi connectivity index (χ2n) is 8.66. The summed E-state index contributed by atoms with van der Waals surface area (Å²) in [5, 5.41) is 23.2. The van der Waals surface area contributed by atoms with Gasteiger partial charge in [0.2, 0.25) is 0 Å². The van der Waals surface area contributed by atoms with Gasteiger partial charge >= 0.3 is 0 Å². The molecule has 2 fully saturated rings. The summed E-state index contributed by atoms with van der Waals surface area (Å²) in [6, 6.07) is 11.0. The van der Waals surface area contributed by atoms with Crippen LogP contribution in [0.5, 0.6) is 0 Å². The van der Waals surface area contributed by atoms with Gasteiger partial charge < -0.3 is 10.6 Å². The quantitative estimate of drug-likeness (QED) is 0.549. The van der Waals surface area contributed by atoms with Crippen LogP contribution in [-0.4, -0.2) is 55.6 Å². The Morgan fingerprint density at radius 2 is 2.12 bits per heavy atom. The predicted octanol–water partition coefficient (Wildman–Crippen LogP) is 3.23. The Morgan fingerprint density at radius 1 is 1.31 bits per heavy atom. The summed E-state index contributed by atoms with van der Waals surface area (Å²) in [5.41, 5.74) is 1.91. The maximum Gasteiger partial charge on any atom is 0.277 e. The van der Waals surface area contributed by atoms with Crippen molar-refractivity contribution in [3.63, 3.8) is 0 Å². The van der Waals surface area contributed by atoms with Crippen molar-refractivity contribution in [2.45, 2.75) is 57.2 Å². The molecule has 9 heteroatoms. The molecule has 5 rings (SSSR count). The zero-order valence-electron chi connectivity index (χ0n) is 18.0. The number of aryl methyl sites for hydroxylation is 1. The Labute approximate surface area is 186 Å². The van der Waals surface area contributed by atoms with E-state index in [1.54, 1.807) is 18.3 Å². The first-order valence-electron chi connectivity index (χ1n) is 11.1. The molecule has 0 aliphatic carbocycles. The number of pyridine rings is 2. The predicted molar refractivity (Wildman–Crippen MR) is 121 cm³/mol. The number of aromatic nitrogens is 4. The van der Waals surface area contributed by atoms with Gasteiger partial charge in [-0.25, -0.2) is 4.98 Å². The molecule has 5 heterocycles. The van der Waals surface area contributed by atoms with E-state index in [0.717, 1.165) is 41.8 Å². The molecule has 3 atom stereocenters. The van der Waals surface area contributed by atoms with Crippen molar-refractivity contribution >= 4 is 28.4 Å². The Morgan fingerprint density at radius 3 is 2.84 bits per heavy atom. The molecule has 0 radical (unpaired) electrons. The van der Waals surface area contributed by atoms with Crippen LogP contribution in [0.2, 0.25) is 0 Å². The molecular weight excluding hydrogens is 404 g/mol. The van der Waals surface area contributed by atoms with E-state index < -0.39 is 0 Å². The van der Waals surface area contributed by atoms with Gasteiger partial charge in [0, 0.05) is 54.4 Å². The standard InChI is InChI=1S/C23H26N8O/c1-14-10-20(30-29-14)23(32)28-21-13-19-18(4-2-8-25-19)22(27-21)26-15-11-16-5-6-17(12-15)31(16)9-3-7-24/h2,4,8,10,13,15-17H,3,5-6,9,11-12H2,1H3,(H,29,30)(H2,26,27,28,32)/t15-,16-,17+. The molecule has 0 aromatic carbocycles. The smallest absolute Gasteiger partial charge is 0.277 e. The third-order valence-corrected chi connectivity index (χ3v) is 6.49. The van der Waals surface area contributed by atoms with Crippen LogP contribution < -0.4 is 10.6 Å². The number of carbonyl (C=O) groups excluding carboxylic acids is 1. The van der Waals surface area contributed by atoms with Gasteiger partial charge in [-0.1, -0.05) is 0 Å². The minimum absolute atomic E-state index is 0.293. The lowest BCUT2D eigenvalue weighted by molar-refractivity contribution is 0.102. The van der Waals surface area contributed by atoms with E-state index in [-0.39, 0.29) is 5.91 Å².